The van der Waals surface area contributed by atoms with Crippen molar-refractivity contribution in [3.63, 3.8) is 0 Å². The Kier molecular flexibility index (Phi) is 3.05. The molecule has 0 bridgehead atoms. The maximum Gasteiger partial charge on any atom is 0.0576 e. The summed E-state index contributed by atoms with van der Waals surface area (Å²) in [6, 6.07) is 0. The summed E-state index contributed by atoms with van der Waals surface area (Å²) < 4.78 is 5.46. The average Bonchev–Trinajstić information content (AvgIpc) is 2.34. The first-order valence-electron chi connectivity index (χ1n) is 4.05. The van der Waals surface area contributed by atoms with Crippen LogP contribution in [0.2, 0.25) is 0 Å². The summed E-state index contributed by atoms with van der Waals surface area (Å²) in [6.45, 7) is 3.24. The van der Waals surface area contributed by atoms with Crippen molar-refractivity contribution < 1.29 is 4.74 Å². The highest BCUT2D eigenvalue weighted by molar-refractivity contribution is 4.63. The molecule has 1 aliphatic rings. The van der Waals surface area contributed by atoms with E-state index >= 15 is 0 Å². The Hall–Kier alpha value is -0.0400. The van der Waals surface area contributed by atoms with Gasteiger partial charge in [-0.15, -0.1) is 0 Å². The lowest BCUT2D eigenvalue weighted by atomic mass is 10.1. The fraction of sp³-hybridized carbons (Fsp3) is 1.00. The number of rotatable bonds is 3. The van der Waals surface area contributed by atoms with E-state index < -0.39 is 0 Å². The van der Waals surface area contributed by atoms with Crippen molar-refractivity contribution in [3.8, 4) is 0 Å². The summed E-state index contributed by atoms with van der Waals surface area (Å²) in [4.78, 5) is 0. The molecule has 9 heavy (non-hydrogen) atoms. The van der Waals surface area contributed by atoms with Crippen LogP contribution in [0.15, 0.2) is 0 Å². The van der Waals surface area contributed by atoms with Crippen LogP contribution >= 0.6 is 0 Å². The van der Waals surface area contributed by atoms with Gasteiger partial charge in [-0.3, -0.25) is 0 Å². The van der Waals surface area contributed by atoms with Crippen LogP contribution in [0, 0.1) is 0 Å². The molecule has 1 saturated heterocycles. The first-order valence-corrected chi connectivity index (χ1v) is 4.05. The second-order valence-electron chi connectivity index (χ2n) is 2.78. The molecule has 0 N–H and O–H groups in total. The molecule has 0 aromatic heterocycles. The quantitative estimate of drug-likeness (QED) is 0.567. The molecule has 0 unspecified atom stereocenters. The fourth-order valence-electron chi connectivity index (χ4n) is 1.30. The second-order valence-corrected chi connectivity index (χ2v) is 2.78. The third-order valence-corrected chi connectivity index (χ3v) is 1.90. The van der Waals surface area contributed by atoms with Gasteiger partial charge in [-0.1, -0.05) is 19.8 Å². The minimum atomic E-state index is 0.616. The first-order chi connectivity index (χ1) is 4.43. The molecule has 0 amide bonds. The molecular weight excluding hydrogens is 112 g/mol. The fourth-order valence-corrected chi connectivity index (χ4v) is 1.30. The highest BCUT2D eigenvalue weighted by Gasteiger charge is 2.13. The van der Waals surface area contributed by atoms with Crippen LogP contribution in [0.3, 0.4) is 0 Å². The molecule has 1 heteroatoms. The van der Waals surface area contributed by atoms with Crippen LogP contribution in [0.4, 0.5) is 0 Å². The third-order valence-electron chi connectivity index (χ3n) is 1.90. The van der Waals surface area contributed by atoms with Crippen molar-refractivity contribution in [1.29, 1.82) is 0 Å². The Morgan fingerprint density at radius 1 is 1.56 bits per heavy atom. The lowest BCUT2D eigenvalue weighted by Crippen LogP contribution is -2.03. The predicted molar refractivity (Wildman–Crippen MR) is 38.5 cm³/mol. The van der Waals surface area contributed by atoms with Gasteiger partial charge in [0.05, 0.1) is 6.10 Å². The third kappa shape index (κ3) is 2.35. The van der Waals surface area contributed by atoms with Gasteiger partial charge in [0.2, 0.25) is 0 Å². The largest absolute Gasteiger partial charge is 0.378 e. The maximum absolute atomic E-state index is 5.46. The molecule has 1 atom stereocenters. The Bertz CT molecular complexity index is 65.0. The van der Waals surface area contributed by atoms with Gasteiger partial charge in [-0.05, 0) is 19.3 Å². The molecule has 1 rings (SSSR count). The minimum absolute atomic E-state index is 0.616. The molecule has 0 aromatic carbocycles. The summed E-state index contributed by atoms with van der Waals surface area (Å²) in [5.41, 5.74) is 0. The zero-order valence-electron chi connectivity index (χ0n) is 6.23. The van der Waals surface area contributed by atoms with Gasteiger partial charge in [0.25, 0.3) is 0 Å². The van der Waals surface area contributed by atoms with E-state index in [1.807, 2.05) is 0 Å². The van der Waals surface area contributed by atoms with Gasteiger partial charge < -0.3 is 4.74 Å². The summed E-state index contributed by atoms with van der Waals surface area (Å²) in [5, 5.41) is 0. The molecule has 1 heterocycles. The molecule has 1 nitrogen and oxygen atoms in total. The second kappa shape index (κ2) is 3.89. The molecule has 0 radical (unpaired) electrons. The van der Waals surface area contributed by atoms with Gasteiger partial charge in [-0.25, -0.2) is 0 Å². The van der Waals surface area contributed by atoms with Crippen molar-refractivity contribution in [2.45, 2.75) is 45.1 Å². The molecule has 1 fully saturated rings. The van der Waals surface area contributed by atoms with E-state index in [1.165, 1.54) is 32.1 Å². The molecule has 0 aliphatic carbocycles. The van der Waals surface area contributed by atoms with Crippen molar-refractivity contribution in [2.24, 2.45) is 0 Å². The lowest BCUT2D eigenvalue weighted by molar-refractivity contribution is 0.102. The van der Waals surface area contributed by atoms with Crippen molar-refractivity contribution >= 4 is 0 Å². The van der Waals surface area contributed by atoms with Crippen molar-refractivity contribution in [1.82, 2.24) is 0 Å². The van der Waals surface area contributed by atoms with Gasteiger partial charge in [0.15, 0.2) is 0 Å². The van der Waals surface area contributed by atoms with Gasteiger partial charge >= 0.3 is 0 Å². The van der Waals surface area contributed by atoms with Crippen LogP contribution in [0.25, 0.3) is 0 Å². The van der Waals surface area contributed by atoms with E-state index in [4.69, 9.17) is 4.74 Å². The normalized spacial score (nSPS) is 27.0. The van der Waals surface area contributed by atoms with Crippen LogP contribution in [0.1, 0.15) is 39.0 Å². The SMILES string of the molecule is CCCC[C@H]1CCCO1. The van der Waals surface area contributed by atoms with E-state index in [0.29, 0.717) is 6.10 Å². The van der Waals surface area contributed by atoms with E-state index in [2.05, 4.69) is 6.92 Å². The standard InChI is InChI=1S/C8H16O/c1-2-3-5-8-6-4-7-9-8/h8H,2-7H2,1H3/t8-/m0/s1. The van der Waals surface area contributed by atoms with Crippen LogP contribution in [-0.2, 0) is 4.74 Å². The summed E-state index contributed by atoms with van der Waals surface area (Å²) in [5.74, 6) is 0. The van der Waals surface area contributed by atoms with Gasteiger partial charge in [0.1, 0.15) is 0 Å². The number of hydrogen-bond acceptors (Lipinski definition) is 1. The van der Waals surface area contributed by atoms with E-state index in [9.17, 15) is 0 Å². The summed E-state index contributed by atoms with van der Waals surface area (Å²) in [7, 11) is 0. The topological polar surface area (TPSA) is 9.23 Å². The molecule has 0 saturated carbocycles. The first kappa shape index (κ1) is 7.07. The Balaban J connectivity index is 1.98. The Morgan fingerprint density at radius 3 is 3.00 bits per heavy atom. The zero-order valence-corrected chi connectivity index (χ0v) is 6.23. The Morgan fingerprint density at radius 2 is 2.44 bits per heavy atom. The number of unbranched alkanes of at least 4 members (excludes halogenated alkanes) is 1. The Labute approximate surface area is 57.4 Å². The predicted octanol–water partition coefficient (Wildman–Crippen LogP) is 2.36. The van der Waals surface area contributed by atoms with Crippen LogP contribution in [-0.4, -0.2) is 12.7 Å². The summed E-state index contributed by atoms with van der Waals surface area (Å²) in [6.07, 6.45) is 7.14. The molecule has 54 valence electrons. The molecule has 0 aromatic rings. The molecule has 1 aliphatic heterocycles. The summed E-state index contributed by atoms with van der Waals surface area (Å²) >= 11 is 0. The monoisotopic (exact) mass is 128 g/mol. The van der Waals surface area contributed by atoms with Crippen LogP contribution in [0.5, 0.6) is 0 Å². The lowest BCUT2D eigenvalue weighted by Gasteiger charge is -2.06. The van der Waals surface area contributed by atoms with Gasteiger partial charge in [0, 0.05) is 6.61 Å². The highest BCUT2D eigenvalue weighted by Crippen LogP contribution is 2.17. The van der Waals surface area contributed by atoms with E-state index in [1.54, 1.807) is 0 Å². The van der Waals surface area contributed by atoms with Crippen molar-refractivity contribution in [2.75, 3.05) is 6.61 Å². The maximum atomic E-state index is 5.46. The number of hydrogen-bond donors (Lipinski definition) is 0. The number of ether oxygens (including phenoxy) is 1. The van der Waals surface area contributed by atoms with E-state index in [0.717, 1.165) is 6.61 Å². The molecule has 0 spiro atoms. The minimum Gasteiger partial charge on any atom is -0.378 e. The molecular formula is C8H16O. The average molecular weight is 128 g/mol. The van der Waals surface area contributed by atoms with Crippen molar-refractivity contribution in [3.05, 3.63) is 0 Å². The van der Waals surface area contributed by atoms with Crippen LogP contribution < -0.4 is 0 Å². The zero-order chi connectivity index (χ0) is 6.53. The highest BCUT2D eigenvalue weighted by atomic mass is 16.5. The smallest absolute Gasteiger partial charge is 0.0576 e. The van der Waals surface area contributed by atoms with Gasteiger partial charge in [-0.2, -0.15) is 0 Å². The van der Waals surface area contributed by atoms with E-state index in [-0.39, 0.29) is 0 Å².